The zero-order valence-electron chi connectivity index (χ0n) is 5.84. The van der Waals surface area contributed by atoms with Gasteiger partial charge in [0.05, 0.1) is 6.10 Å². The van der Waals surface area contributed by atoms with Crippen LogP contribution in [0.15, 0.2) is 0 Å². The molecule has 2 aliphatic rings. The minimum Gasteiger partial charge on any atom is -0.381 e. The monoisotopic (exact) mass is 125 g/mol. The van der Waals surface area contributed by atoms with E-state index in [9.17, 15) is 0 Å². The summed E-state index contributed by atoms with van der Waals surface area (Å²) in [6.45, 7) is 0. The quantitative estimate of drug-likeness (QED) is 0.517. The van der Waals surface area contributed by atoms with Crippen LogP contribution in [0.4, 0.5) is 0 Å². The molecule has 0 aromatic carbocycles. The van der Waals surface area contributed by atoms with Crippen LogP contribution < -0.4 is 0 Å². The first-order valence-electron chi connectivity index (χ1n) is 3.78. The lowest BCUT2D eigenvalue weighted by Gasteiger charge is -2.18. The van der Waals surface area contributed by atoms with E-state index in [1.807, 2.05) is 7.11 Å². The fraction of sp³-hybridized carbons (Fsp3) is 0.875. The molecule has 0 saturated heterocycles. The fourth-order valence-corrected chi connectivity index (χ4v) is 2.22. The first-order chi connectivity index (χ1) is 4.40. The van der Waals surface area contributed by atoms with Crippen LogP contribution in [0.2, 0.25) is 0 Å². The average molecular weight is 125 g/mol. The van der Waals surface area contributed by atoms with Crippen LogP contribution in [0.1, 0.15) is 19.3 Å². The van der Waals surface area contributed by atoms with Gasteiger partial charge in [0.2, 0.25) is 0 Å². The van der Waals surface area contributed by atoms with Crippen molar-refractivity contribution in [2.75, 3.05) is 7.11 Å². The van der Waals surface area contributed by atoms with Crippen LogP contribution in [-0.2, 0) is 4.74 Å². The molecule has 51 valence electrons. The Morgan fingerprint density at radius 1 is 1.44 bits per heavy atom. The number of ether oxygens (including phenoxy) is 1. The summed E-state index contributed by atoms with van der Waals surface area (Å²) in [6.07, 6.45) is 7.11. The van der Waals surface area contributed by atoms with Gasteiger partial charge in [0.1, 0.15) is 0 Å². The molecule has 1 nitrogen and oxygen atoms in total. The number of hydrogen-bond donors (Lipinski definition) is 0. The summed E-state index contributed by atoms with van der Waals surface area (Å²) in [5, 5.41) is 0. The van der Waals surface area contributed by atoms with Gasteiger partial charge in [-0.1, -0.05) is 0 Å². The van der Waals surface area contributed by atoms with E-state index >= 15 is 0 Å². The highest BCUT2D eigenvalue weighted by atomic mass is 16.5. The third kappa shape index (κ3) is 0.787. The van der Waals surface area contributed by atoms with Crippen LogP contribution in [0.5, 0.6) is 0 Å². The number of fused-ring (bicyclic) bond motifs is 2. The van der Waals surface area contributed by atoms with Gasteiger partial charge in [0, 0.05) is 7.11 Å². The zero-order valence-corrected chi connectivity index (χ0v) is 5.84. The summed E-state index contributed by atoms with van der Waals surface area (Å²) < 4.78 is 5.29. The molecular weight excluding hydrogens is 112 g/mol. The molecule has 2 aliphatic carbocycles. The third-order valence-electron chi connectivity index (χ3n) is 2.71. The molecule has 9 heavy (non-hydrogen) atoms. The standard InChI is InChI=1S/C8H13O/c1-9-8-5-6-2-3-7(8)4-6/h5-8H,2-4H2,1H3/t6?,7?,8-/m1/s1. The van der Waals surface area contributed by atoms with Crippen molar-refractivity contribution >= 4 is 0 Å². The molecule has 0 aromatic rings. The fourth-order valence-electron chi connectivity index (χ4n) is 2.22. The Morgan fingerprint density at radius 2 is 2.33 bits per heavy atom. The van der Waals surface area contributed by atoms with Crippen molar-refractivity contribution in [3.8, 4) is 0 Å². The molecule has 0 N–H and O–H groups in total. The van der Waals surface area contributed by atoms with Gasteiger partial charge in [-0.25, -0.2) is 0 Å². The van der Waals surface area contributed by atoms with E-state index in [1.165, 1.54) is 19.3 Å². The third-order valence-corrected chi connectivity index (χ3v) is 2.71. The Kier molecular flexibility index (Phi) is 1.26. The van der Waals surface area contributed by atoms with Crippen molar-refractivity contribution in [2.45, 2.75) is 25.4 Å². The minimum atomic E-state index is 0.503. The second kappa shape index (κ2) is 1.98. The van der Waals surface area contributed by atoms with Gasteiger partial charge in [-0.3, -0.25) is 0 Å². The summed E-state index contributed by atoms with van der Waals surface area (Å²) >= 11 is 0. The zero-order chi connectivity index (χ0) is 6.27. The first kappa shape index (κ1) is 5.72. The summed E-state index contributed by atoms with van der Waals surface area (Å²) in [5.74, 6) is 1.78. The normalized spacial score (nSPS) is 48.3. The van der Waals surface area contributed by atoms with Crippen LogP contribution in [-0.4, -0.2) is 13.2 Å². The van der Waals surface area contributed by atoms with Crippen LogP contribution in [0.3, 0.4) is 0 Å². The van der Waals surface area contributed by atoms with Crippen LogP contribution in [0, 0.1) is 18.3 Å². The van der Waals surface area contributed by atoms with E-state index in [4.69, 9.17) is 4.74 Å². The summed E-state index contributed by atoms with van der Waals surface area (Å²) in [4.78, 5) is 0. The van der Waals surface area contributed by atoms with Crippen molar-refractivity contribution in [1.82, 2.24) is 0 Å². The summed E-state index contributed by atoms with van der Waals surface area (Å²) in [6, 6.07) is 0. The Bertz CT molecular complexity index is 111. The SMILES string of the molecule is CO[C@@H]1[CH]C2CCC1C2. The van der Waals surface area contributed by atoms with Crippen LogP contribution in [0.25, 0.3) is 0 Å². The molecule has 2 unspecified atom stereocenters. The highest BCUT2D eigenvalue weighted by Crippen LogP contribution is 2.44. The van der Waals surface area contributed by atoms with Crippen LogP contribution >= 0.6 is 0 Å². The molecule has 0 aromatic heterocycles. The molecule has 3 atom stereocenters. The second-order valence-corrected chi connectivity index (χ2v) is 3.23. The summed E-state index contributed by atoms with van der Waals surface area (Å²) in [5.41, 5.74) is 0. The highest BCUT2D eigenvalue weighted by Gasteiger charge is 2.39. The van der Waals surface area contributed by atoms with E-state index in [0.717, 1.165) is 11.8 Å². The lowest BCUT2D eigenvalue weighted by molar-refractivity contribution is 0.0870. The number of methoxy groups -OCH3 is 1. The molecule has 2 rings (SSSR count). The van der Waals surface area contributed by atoms with Gasteiger partial charge >= 0.3 is 0 Å². The topological polar surface area (TPSA) is 9.23 Å². The van der Waals surface area contributed by atoms with Gasteiger partial charge < -0.3 is 4.74 Å². The predicted octanol–water partition coefficient (Wildman–Crippen LogP) is 1.64. The van der Waals surface area contributed by atoms with Crippen molar-refractivity contribution in [3.05, 3.63) is 6.42 Å². The highest BCUT2D eigenvalue weighted by molar-refractivity contribution is 5.02. The van der Waals surface area contributed by atoms with Gasteiger partial charge in [-0.05, 0) is 37.5 Å². The number of hydrogen-bond acceptors (Lipinski definition) is 1. The number of rotatable bonds is 1. The van der Waals surface area contributed by atoms with Crippen molar-refractivity contribution in [2.24, 2.45) is 11.8 Å². The maximum absolute atomic E-state index is 5.29. The molecule has 2 fully saturated rings. The molecule has 0 amide bonds. The predicted molar refractivity (Wildman–Crippen MR) is 35.9 cm³/mol. The largest absolute Gasteiger partial charge is 0.381 e. The lowest BCUT2D eigenvalue weighted by atomic mass is 9.98. The van der Waals surface area contributed by atoms with Gasteiger partial charge in [-0.15, -0.1) is 0 Å². The summed E-state index contributed by atoms with van der Waals surface area (Å²) in [7, 11) is 1.82. The maximum atomic E-state index is 5.29. The van der Waals surface area contributed by atoms with Crippen molar-refractivity contribution in [3.63, 3.8) is 0 Å². The maximum Gasteiger partial charge on any atom is 0.0634 e. The minimum absolute atomic E-state index is 0.503. The Hall–Kier alpha value is -0.0400. The molecule has 0 aliphatic heterocycles. The first-order valence-corrected chi connectivity index (χ1v) is 3.78. The second-order valence-electron chi connectivity index (χ2n) is 3.23. The van der Waals surface area contributed by atoms with E-state index in [-0.39, 0.29) is 0 Å². The van der Waals surface area contributed by atoms with Gasteiger partial charge in [0.15, 0.2) is 0 Å². The average Bonchev–Trinajstić information content (AvgIpc) is 2.45. The molecule has 0 heterocycles. The molecule has 2 saturated carbocycles. The Balaban J connectivity index is 2.01. The van der Waals surface area contributed by atoms with E-state index in [2.05, 4.69) is 6.42 Å². The molecule has 2 bridgehead atoms. The van der Waals surface area contributed by atoms with Gasteiger partial charge in [-0.2, -0.15) is 0 Å². The van der Waals surface area contributed by atoms with Gasteiger partial charge in [0.25, 0.3) is 0 Å². The van der Waals surface area contributed by atoms with E-state index in [0.29, 0.717) is 6.10 Å². The molecular formula is C8H13O. The Morgan fingerprint density at radius 3 is 2.67 bits per heavy atom. The molecule has 1 radical (unpaired) electrons. The smallest absolute Gasteiger partial charge is 0.0634 e. The molecule has 1 heteroatoms. The van der Waals surface area contributed by atoms with E-state index in [1.54, 1.807) is 0 Å². The molecule has 0 spiro atoms. The van der Waals surface area contributed by atoms with Crippen molar-refractivity contribution in [1.29, 1.82) is 0 Å². The lowest BCUT2D eigenvalue weighted by Crippen LogP contribution is -2.18. The Labute approximate surface area is 56.4 Å². The van der Waals surface area contributed by atoms with E-state index < -0.39 is 0 Å². The van der Waals surface area contributed by atoms with Crippen molar-refractivity contribution < 1.29 is 4.74 Å².